The standard InChI is InChI=1S/C15H10Br2O3/c16-12-7-10(8-13(17)14(12)18)2-1-9-3-5-11(6-4-9)15(19)20/h1-8,18H,(H,19,20)/b2-1+. The number of rotatable bonds is 3. The molecule has 0 spiro atoms. The Bertz CT molecular complexity index is 653. The highest BCUT2D eigenvalue weighted by Crippen LogP contribution is 2.33. The maximum Gasteiger partial charge on any atom is 0.335 e. The third-order valence-corrected chi connectivity index (χ3v) is 3.87. The number of carboxylic acid groups (broad SMARTS) is 1. The van der Waals surface area contributed by atoms with Gasteiger partial charge >= 0.3 is 5.97 Å². The van der Waals surface area contributed by atoms with Crippen molar-refractivity contribution >= 4 is 50.0 Å². The fraction of sp³-hybridized carbons (Fsp3) is 0. The molecule has 0 aliphatic heterocycles. The zero-order chi connectivity index (χ0) is 14.7. The van der Waals surface area contributed by atoms with Crippen molar-refractivity contribution in [1.29, 1.82) is 0 Å². The molecule has 5 heteroatoms. The molecule has 0 atom stereocenters. The molecule has 20 heavy (non-hydrogen) atoms. The summed E-state index contributed by atoms with van der Waals surface area (Å²) >= 11 is 6.54. The molecule has 102 valence electrons. The number of phenolic OH excluding ortho intramolecular Hbond substituents is 1. The molecule has 0 heterocycles. The second-order valence-corrected chi connectivity index (χ2v) is 5.80. The van der Waals surface area contributed by atoms with Crippen LogP contribution in [0.25, 0.3) is 12.2 Å². The Morgan fingerprint density at radius 2 is 1.45 bits per heavy atom. The van der Waals surface area contributed by atoms with Gasteiger partial charge in [-0.3, -0.25) is 0 Å². The Balaban J connectivity index is 2.23. The van der Waals surface area contributed by atoms with Gasteiger partial charge in [0, 0.05) is 0 Å². The van der Waals surface area contributed by atoms with E-state index in [0.29, 0.717) is 8.95 Å². The Labute approximate surface area is 132 Å². The van der Waals surface area contributed by atoms with Crippen LogP contribution in [0.1, 0.15) is 21.5 Å². The second-order valence-electron chi connectivity index (χ2n) is 4.09. The van der Waals surface area contributed by atoms with Crippen LogP contribution >= 0.6 is 31.9 Å². The summed E-state index contributed by atoms with van der Waals surface area (Å²) in [6.45, 7) is 0. The maximum absolute atomic E-state index is 10.7. The van der Waals surface area contributed by atoms with Gasteiger partial charge in [0.1, 0.15) is 5.75 Å². The molecule has 2 N–H and O–H groups in total. The number of halogens is 2. The van der Waals surface area contributed by atoms with Gasteiger partial charge in [0.25, 0.3) is 0 Å². The third-order valence-electron chi connectivity index (χ3n) is 2.67. The second kappa shape index (κ2) is 6.24. The largest absolute Gasteiger partial charge is 0.506 e. The van der Waals surface area contributed by atoms with Crippen LogP contribution in [0, 0.1) is 0 Å². The van der Waals surface area contributed by atoms with Crippen molar-refractivity contribution in [1.82, 2.24) is 0 Å². The van der Waals surface area contributed by atoms with Crippen LogP contribution in [0.4, 0.5) is 0 Å². The number of hydrogen-bond donors (Lipinski definition) is 2. The van der Waals surface area contributed by atoms with E-state index in [2.05, 4.69) is 31.9 Å². The van der Waals surface area contributed by atoms with E-state index in [1.165, 1.54) is 0 Å². The average Bonchev–Trinajstić information content (AvgIpc) is 2.42. The van der Waals surface area contributed by atoms with Crippen LogP contribution in [-0.2, 0) is 0 Å². The maximum atomic E-state index is 10.7. The van der Waals surface area contributed by atoms with Crippen LogP contribution < -0.4 is 0 Å². The highest BCUT2D eigenvalue weighted by atomic mass is 79.9. The lowest BCUT2D eigenvalue weighted by molar-refractivity contribution is 0.0697. The fourth-order valence-electron chi connectivity index (χ4n) is 1.61. The summed E-state index contributed by atoms with van der Waals surface area (Å²) in [7, 11) is 0. The van der Waals surface area contributed by atoms with Gasteiger partial charge in [-0.2, -0.15) is 0 Å². The van der Waals surface area contributed by atoms with Gasteiger partial charge in [-0.1, -0.05) is 24.3 Å². The summed E-state index contributed by atoms with van der Waals surface area (Å²) in [6.07, 6.45) is 3.75. The molecular formula is C15H10Br2O3. The molecule has 0 radical (unpaired) electrons. The monoisotopic (exact) mass is 396 g/mol. The molecule has 2 aromatic carbocycles. The molecule has 3 nitrogen and oxygen atoms in total. The van der Waals surface area contributed by atoms with Crippen molar-refractivity contribution in [3.63, 3.8) is 0 Å². The van der Waals surface area contributed by atoms with Crippen molar-refractivity contribution in [2.45, 2.75) is 0 Å². The van der Waals surface area contributed by atoms with E-state index in [9.17, 15) is 9.90 Å². The zero-order valence-electron chi connectivity index (χ0n) is 10.2. The SMILES string of the molecule is O=C(O)c1ccc(/C=C/c2cc(Br)c(O)c(Br)c2)cc1. The lowest BCUT2D eigenvalue weighted by atomic mass is 10.1. The molecule has 2 rings (SSSR count). The average molecular weight is 398 g/mol. The molecule has 0 aliphatic carbocycles. The molecule has 0 saturated heterocycles. The van der Waals surface area contributed by atoms with Gasteiger partial charge in [-0.05, 0) is 67.3 Å². The first-order valence-corrected chi connectivity index (χ1v) is 7.25. The van der Waals surface area contributed by atoms with Gasteiger partial charge in [0.2, 0.25) is 0 Å². The predicted molar refractivity (Wildman–Crippen MR) is 85.8 cm³/mol. The van der Waals surface area contributed by atoms with Crippen molar-refractivity contribution < 1.29 is 15.0 Å². The fourth-order valence-corrected chi connectivity index (χ4v) is 2.83. The van der Waals surface area contributed by atoms with Crippen LogP contribution in [0.3, 0.4) is 0 Å². The molecule has 0 aliphatic rings. The molecule has 0 fully saturated rings. The van der Waals surface area contributed by atoms with Crippen LogP contribution in [-0.4, -0.2) is 16.2 Å². The van der Waals surface area contributed by atoms with Crippen molar-refractivity contribution in [2.24, 2.45) is 0 Å². The van der Waals surface area contributed by atoms with Crippen molar-refractivity contribution in [3.8, 4) is 5.75 Å². The lowest BCUT2D eigenvalue weighted by Crippen LogP contribution is -1.94. The lowest BCUT2D eigenvalue weighted by Gasteiger charge is -2.02. The first kappa shape index (κ1) is 14.8. The summed E-state index contributed by atoms with van der Waals surface area (Å²) in [5.41, 5.74) is 2.07. The molecule has 0 saturated carbocycles. The van der Waals surface area contributed by atoms with E-state index < -0.39 is 5.97 Å². The van der Waals surface area contributed by atoms with E-state index in [-0.39, 0.29) is 11.3 Å². The minimum atomic E-state index is -0.938. The number of carboxylic acids is 1. The number of aromatic hydroxyl groups is 1. The van der Waals surface area contributed by atoms with Gasteiger partial charge in [0.15, 0.2) is 0 Å². The summed E-state index contributed by atoms with van der Waals surface area (Å²) < 4.78 is 1.21. The number of phenols is 1. The van der Waals surface area contributed by atoms with Crippen LogP contribution in [0.2, 0.25) is 0 Å². The Morgan fingerprint density at radius 3 is 1.95 bits per heavy atom. The Hall–Kier alpha value is -1.59. The quantitative estimate of drug-likeness (QED) is 0.732. The normalized spacial score (nSPS) is 10.9. The van der Waals surface area contributed by atoms with Gasteiger partial charge < -0.3 is 10.2 Å². The van der Waals surface area contributed by atoms with Crippen LogP contribution in [0.5, 0.6) is 5.75 Å². The molecule has 0 aromatic heterocycles. The highest BCUT2D eigenvalue weighted by molar-refractivity contribution is 9.11. The van der Waals surface area contributed by atoms with E-state index in [1.54, 1.807) is 36.4 Å². The van der Waals surface area contributed by atoms with Crippen molar-refractivity contribution in [3.05, 3.63) is 62.0 Å². The minimum absolute atomic E-state index is 0.160. The number of hydrogen-bond acceptors (Lipinski definition) is 2. The molecule has 0 amide bonds. The van der Waals surface area contributed by atoms with E-state index in [0.717, 1.165) is 11.1 Å². The topological polar surface area (TPSA) is 57.5 Å². The number of carbonyl (C=O) groups is 1. The van der Waals surface area contributed by atoms with Gasteiger partial charge in [0.05, 0.1) is 14.5 Å². The molecule has 0 bridgehead atoms. The molecule has 2 aromatic rings. The Morgan fingerprint density at radius 1 is 0.950 bits per heavy atom. The van der Waals surface area contributed by atoms with E-state index >= 15 is 0 Å². The highest BCUT2D eigenvalue weighted by Gasteiger charge is 2.04. The van der Waals surface area contributed by atoms with Crippen LogP contribution in [0.15, 0.2) is 45.3 Å². The Kier molecular flexibility index (Phi) is 4.62. The number of benzene rings is 2. The third kappa shape index (κ3) is 3.49. The minimum Gasteiger partial charge on any atom is -0.506 e. The van der Waals surface area contributed by atoms with E-state index in [1.807, 2.05) is 12.2 Å². The summed E-state index contributed by atoms with van der Waals surface area (Å²) in [5.74, 6) is -0.778. The summed E-state index contributed by atoms with van der Waals surface area (Å²) in [5, 5.41) is 18.4. The van der Waals surface area contributed by atoms with Crippen molar-refractivity contribution in [2.75, 3.05) is 0 Å². The van der Waals surface area contributed by atoms with Gasteiger partial charge in [-0.25, -0.2) is 4.79 Å². The predicted octanol–water partition coefficient (Wildman–Crippen LogP) is 4.79. The molecular weight excluding hydrogens is 388 g/mol. The first-order chi connectivity index (χ1) is 9.47. The molecule has 0 unspecified atom stereocenters. The summed E-state index contributed by atoms with van der Waals surface area (Å²) in [4.78, 5) is 10.7. The number of aromatic carboxylic acids is 1. The smallest absolute Gasteiger partial charge is 0.335 e. The first-order valence-electron chi connectivity index (χ1n) is 5.67. The summed E-state index contributed by atoms with van der Waals surface area (Å²) in [6, 6.07) is 10.2. The van der Waals surface area contributed by atoms with E-state index in [4.69, 9.17) is 5.11 Å². The zero-order valence-corrected chi connectivity index (χ0v) is 13.3. The van der Waals surface area contributed by atoms with Gasteiger partial charge in [-0.15, -0.1) is 0 Å².